The Bertz CT molecular complexity index is 786. The summed E-state index contributed by atoms with van der Waals surface area (Å²) in [4.78, 5) is 0. The van der Waals surface area contributed by atoms with Crippen molar-refractivity contribution >= 4 is 17.3 Å². The first-order chi connectivity index (χ1) is 9.81. The van der Waals surface area contributed by atoms with Crippen molar-refractivity contribution in [3.63, 3.8) is 0 Å². The van der Waals surface area contributed by atoms with Crippen molar-refractivity contribution in [1.29, 1.82) is 5.26 Å². The van der Waals surface area contributed by atoms with E-state index in [0.717, 1.165) is 11.1 Å². The highest BCUT2D eigenvalue weighted by atomic mass is 32.2. The van der Waals surface area contributed by atoms with Crippen molar-refractivity contribution in [3.05, 3.63) is 47.6 Å². The second-order valence-corrected chi connectivity index (χ2v) is 5.02. The standard InChI is InChI=1S/C13H11N5OS/c14-5-10-9(7-18-4-2-1-3-11(10)18)8-20-13-17-16-12(6-15)19-13/h1-4,7H,6,8,15H2. The molecule has 2 N–H and O–H groups in total. The molecule has 0 saturated heterocycles. The van der Waals surface area contributed by atoms with Gasteiger partial charge in [-0.15, -0.1) is 10.2 Å². The van der Waals surface area contributed by atoms with E-state index < -0.39 is 0 Å². The lowest BCUT2D eigenvalue weighted by atomic mass is 10.2. The molecule has 100 valence electrons. The van der Waals surface area contributed by atoms with Gasteiger partial charge in [-0.25, -0.2) is 0 Å². The average Bonchev–Trinajstić information content (AvgIpc) is 3.08. The van der Waals surface area contributed by atoms with Crippen molar-refractivity contribution in [2.75, 3.05) is 0 Å². The normalized spacial score (nSPS) is 10.8. The molecule has 0 saturated carbocycles. The SMILES string of the molecule is N#Cc1c(CSc2nnc(CN)o2)cn2ccccc12. The number of hydrogen-bond acceptors (Lipinski definition) is 6. The minimum Gasteiger partial charge on any atom is -0.415 e. The van der Waals surface area contributed by atoms with Gasteiger partial charge in [-0.3, -0.25) is 0 Å². The molecule has 0 fully saturated rings. The lowest BCUT2D eigenvalue weighted by molar-refractivity contribution is 0.415. The molecule has 0 amide bonds. The van der Waals surface area contributed by atoms with E-state index in [1.54, 1.807) is 0 Å². The molecule has 0 unspecified atom stereocenters. The molecule has 3 rings (SSSR count). The van der Waals surface area contributed by atoms with Crippen LogP contribution >= 0.6 is 11.8 Å². The summed E-state index contributed by atoms with van der Waals surface area (Å²) in [6.07, 6.45) is 3.87. The van der Waals surface area contributed by atoms with Gasteiger partial charge in [0.05, 0.1) is 17.6 Å². The molecule has 3 aromatic rings. The van der Waals surface area contributed by atoms with Crippen molar-refractivity contribution < 1.29 is 4.42 Å². The van der Waals surface area contributed by atoms with Gasteiger partial charge in [-0.2, -0.15) is 5.26 Å². The smallest absolute Gasteiger partial charge is 0.276 e. The summed E-state index contributed by atoms with van der Waals surface area (Å²) in [6.45, 7) is 0.229. The van der Waals surface area contributed by atoms with Crippen LogP contribution in [0.5, 0.6) is 0 Å². The zero-order valence-corrected chi connectivity index (χ0v) is 11.3. The number of nitrogens with zero attached hydrogens (tertiary/aromatic N) is 4. The van der Waals surface area contributed by atoms with Gasteiger partial charge in [0.25, 0.3) is 5.22 Å². The number of nitrogens with two attached hydrogens (primary N) is 1. The highest BCUT2D eigenvalue weighted by Crippen LogP contribution is 2.26. The lowest BCUT2D eigenvalue weighted by Gasteiger charge is -1.94. The second-order valence-electron chi connectivity index (χ2n) is 4.09. The van der Waals surface area contributed by atoms with Gasteiger partial charge >= 0.3 is 0 Å². The molecular weight excluding hydrogens is 274 g/mol. The Hall–Kier alpha value is -2.30. The van der Waals surface area contributed by atoms with Crippen LogP contribution in [0.2, 0.25) is 0 Å². The van der Waals surface area contributed by atoms with E-state index in [-0.39, 0.29) is 6.54 Å². The largest absolute Gasteiger partial charge is 0.415 e. The third kappa shape index (κ3) is 2.27. The topological polar surface area (TPSA) is 93.1 Å². The van der Waals surface area contributed by atoms with E-state index in [4.69, 9.17) is 10.2 Å². The lowest BCUT2D eigenvalue weighted by Crippen LogP contribution is -1.95. The highest BCUT2D eigenvalue weighted by Gasteiger charge is 2.12. The molecule has 3 heterocycles. The minimum absolute atomic E-state index is 0.229. The van der Waals surface area contributed by atoms with Gasteiger partial charge in [0, 0.05) is 18.1 Å². The molecule has 7 heteroatoms. The molecule has 0 aliphatic rings. The van der Waals surface area contributed by atoms with E-state index in [1.165, 1.54) is 11.8 Å². The maximum absolute atomic E-state index is 9.30. The molecule has 0 bridgehead atoms. The van der Waals surface area contributed by atoms with Crippen LogP contribution in [0.3, 0.4) is 0 Å². The number of fused-ring (bicyclic) bond motifs is 1. The van der Waals surface area contributed by atoms with Crippen LogP contribution in [-0.4, -0.2) is 14.6 Å². The Morgan fingerprint density at radius 3 is 3.05 bits per heavy atom. The fourth-order valence-electron chi connectivity index (χ4n) is 1.93. The van der Waals surface area contributed by atoms with Crippen LogP contribution in [0.1, 0.15) is 17.0 Å². The van der Waals surface area contributed by atoms with Crippen molar-refractivity contribution in [2.45, 2.75) is 17.5 Å². The van der Waals surface area contributed by atoms with E-state index in [0.29, 0.717) is 22.4 Å². The summed E-state index contributed by atoms with van der Waals surface area (Å²) < 4.78 is 7.27. The third-order valence-electron chi connectivity index (χ3n) is 2.85. The van der Waals surface area contributed by atoms with Crippen LogP contribution in [0.15, 0.2) is 40.2 Å². The van der Waals surface area contributed by atoms with Gasteiger partial charge in [-0.05, 0) is 17.7 Å². The van der Waals surface area contributed by atoms with Crippen LogP contribution in [0.25, 0.3) is 5.52 Å². The molecule has 20 heavy (non-hydrogen) atoms. The van der Waals surface area contributed by atoms with Gasteiger partial charge in [-0.1, -0.05) is 17.8 Å². The van der Waals surface area contributed by atoms with Crippen molar-refractivity contribution in [2.24, 2.45) is 5.73 Å². The Morgan fingerprint density at radius 2 is 2.30 bits per heavy atom. The summed E-state index contributed by atoms with van der Waals surface area (Å²) in [5, 5.41) is 17.5. The second kappa shape index (κ2) is 5.36. The maximum Gasteiger partial charge on any atom is 0.276 e. The molecule has 0 radical (unpaired) electrons. The highest BCUT2D eigenvalue weighted by molar-refractivity contribution is 7.98. The third-order valence-corrected chi connectivity index (χ3v) is 3.72. The molecule has 6 nitrogen and oxygen atoms in total. The van der Waals surface area contributed by atoms with Crippen LogP contribution < -0.4 is 5.73 Å². The summed E-state index contributed by atoms with van der Waals surface area (Å²) in [6, 6.07) is 8.02. The Morgan fingerprint density at radius 1 is 1.40 bits per heavy atom. The summed E-state index contributed by atoms with van der Waals surface area (Å²) >= 11 is 1.39. The minimum atomic E-state index is 0.229. The predicted molar refractivity (Wildman–Crippen MR) is 73.9 cm³/mol. The maximum atomic E-state index is 9.30. The molecule has 0 aromatic carbocycles. The van der Waals surface area contributed by atoms with E-state index in [2.05, 4.69) is 16.3 Å². The molecule has 0 atom stereocenters. The summed E-state index contributed by atoms with van der Waals surface area (Å²) in [5.41, 5.74) is 7.94. The van der Waals surface area contributed by atoms with Gasteiger partial charge < -0.3 is 14.6 Å². The molecule has 0 spiro atoms. The van der Waals surface area contributed by atoms with E-state index in [9.17, 15) is 5.26 Å². The molecule has 0 aliphatic carbocycles. The molecular formula is C13H11N5OS. The quantitative estimate of drug-likeness (QED) is 0.736. The number of nitriles is 1. The van der Waals surface area contributed by atoms with Crippen molar-refractivity contribution in [3.8, 4) is 6.07 Å². The first-order valence-corrected chi connectivity index (χ1v) is 6.94. The fraction of sp³-hybridized carbons (Fsp3) is 0.154. The first kappa shape index (κ1) is 12.7. The van der Waals surface area contributed by atoms with Gasteiger partial charge in [0.15, 0.2) is 0 Å². The fourth-order valence-corrected chi connectivity index (χ4v) is 2.69. The van der Waals surface area contributed by atoms with E-state index in [1.807, 2.05) is 35.0 Å². The average molecular weight is 285 g/mol. The van der Waals surface area contributed by atoms with E-state index >= 15 is 0 Å². The van der Waals surface area contributed by atoms with Crippen molar-refractivity contribution in [1.82, 2.24) is 14.6 Å². The molecule has 3 aromatic heterocycles. The monoisotopic (exact) mass is 285 g/mol. The van der Waals surface area contributed by atoms with Crippen LogP contribution in [0, 0.1) is 11.3 Å². The zero-order valence-electron chi connectivity index (χ0n) is 10.5. The number of hydrogen-bond donors (Lipinski definition) is 1. The number of thioether (sulfide) groups is 1. The number of pyridine rings is 1. The number of aromatic nitrogens is 3. The van der Waals surface area contributed by atoms with Gasteiger partial charge in [0.2, 0.25) is 5.89 Å². The predicted octanol–water partition coefficient (Wildman–Crippen LogP) is 1.94. The summed E-state index contributed by atoms with van der Waals surface area (Å²) in [5.74, 6) is 1.01. The van der Waals surface area contributed by atoms with Crippen LogP contribution in [0.4, 0.5) is 0 Å². The number of rotatable bonds is 4. The first-order valence-electron chi connectivity index (χ1n) is 5.95. The molecule has 0 aliphatic heterocycles. The Kier molecular flexibility index (Phi) is 3.41. The Labute approximate surface area is 119 Å². The van der Waals surface area contributed by atoms with Gasteiger partial charge in [0.1, 0.15) is 6.07 Å². The van der Waals surface area contributed by atoms with Crippen LogP contribution in [-0.2, 0) is 12.3 Å². The summed E-state index contributed by atoms with van der Waals surface area (Å²) in [7, 11) is 0. The Balaban J connectivity index is 1.85. The zero-order chi connectivity index (χ0) is 13.9.